The third-order valence-electron chi connectivity index (χ3n) is 3.08. The Morgan fingerprint density at radius 2 is 1.70 bits per heavy atom. The van der Waals surface area contributed by atoms with Crippen molar-refractivity contribution < 1.29 is 14.6 Å². The molecule has 5 nitrogen and oxygen atoms in total. The second-order valence-corrected chi connectivity index (χ2v) is 4.51. The smallest absolute Gasteiger partial charge is 0.159 e. The fraction of sp³-hybridized carbons (Fsp3) is 0.333. The minimum absolute atomic E-state index is 0.573. The summed E-state index contributed by atoms with van der Waals surface area (Å²) in [6.07, 6.45) is 1.07. The van der Waals surface area contributed by atoms with Crippen molar-refractivity contribution in [2.24, 2.45) is 0 Å². The SMILES string of the molecule is COc1cc(OC)cc(-c2ncc([C@@H](C)O)c(C)n2)c1. The number of aromatic nitrogens is 2. The monoisotopic (exact) mass is 274 g/mol. The van der Waals surface area contributed by atoms with Gasteiger partial charge in [0.1, 0.15) is 11.5 Å². The molecule has 0 amide bonds. The average molecular weight is 274 g/mol. The molecular weight excluding hydrogens is 256 g/mol. The zero-order chi connectivity index (χ0) is 14.7. The molecule has 0 radical (unpaired) electrons. The molecular formula is C15H18N2O3. The maximum Gasteiger partial charge on any atom is 0.159 e. The first-order valence-electron chi connectivity index (χ1n) is 6.30. The summed E-state index contributed by atoms with van der Waals surface area (Å²) in [6.45, 7) is 3.55. The van der Waals surface area contributed by atoms with Gasteiger partial charge in [-0.05, 0) is 26.0 Å². The molecule has 20 heavy (non-hydrogen) atoms. The third kappa shape index (κ3) is 2.88. The first-order valence-corrected chi connectivity index (χ1v) is 6.30. The predicted molar refractivity (Wildman–Crippen MR) is 75.9 cm³/mol. The molecule has 0 aliphatic heterocycles. The van der Waals surface area contributed by atoms with Gasteiger partial charge < -0.3 is 14.6 Å². The van der Waals surface area contributed by atoms with E-state index in [-0.39, 0.29) is 0 Å². The van der Waals surface area contributed by atoms with Crippen molar-refractivity contribution in [3.63, 3.8) is 0 Å². The molecule has 1 aromatic heterocycles. The molecule has 1 N–H and O–H groups in total. The van der Waals surface area contributed by atoms with Gasteiger partial charge in [-0.1, -0.05) is 0 Å². The minimum Gasteiger partial charge on any atom is -0.497 e. The highest BCUT2D eigenvalue weighted by Crippen LogP contribution is 2.28. The van der Waals surface area contributed by atoms with Gasteiger partial charge >= 0.3 is 0 Å². The Hall–Kier alpha value is -2.14. The lowest BCUT2D eigenvalue weighted by atomic mass is 10.1. The number of aryl methyl sites for hydroxylation is 1. The molecule has 0 saturated heterocycles. The summed E-state index contributed by atoms with van der Waals surface area (Å²) in [5.74, 6) is 1.93. The van der Waals surface area contributed by atoms with Crippen LogP contribution in [0.4, 0.5) is 0 Å². The molecule has 2 rings (SSSR count). The van der Waals surface area contributed by atoms with Crippen molar-refractivity contribution in [2.75, 3.05) is 14.2 Å². The molecule has 0 aliphatic rings. The van der Waals surface area contributed by atoms with Crippen LogP contribution < -0.4 is 9.47 Å². The maximum atomic E-state index is 9.61. The largest absolute Gasteiger partial charge is 0.497 e. The van der Waals surface area contributed by atoms with E-state index in [9.17, 15) is 5.11 Å². The second-order valence-electron chi connectivity index (χ2n) is 4.51. The molecule has 1 heterocycles. The van der Waals surface area contributed by atoms with E-state index in [1.165, 1.54) is 0 Å². The first kappa shape index (κ1) is 14.3. The van der Waals surface area contributed by atoms with E-state index in [0.717, 1.165) is 16.8 Å². The van der Waals surface area contributed by atoms with Crippen molar-refractivity contribution >= 4 is 0 Å². The molecule has 0 saturated carbocycles. The van der Waals surface area contributed by atoms with Gasteiger partial charge in [0.25, 0.3) is 0 Å². The predicted octanol–water partition coefficient (Wildman–Crippen LogP) is 2.52. The summed E-state index contributed by atoms with van der Waals surface area (Å²) < 4.78 is 10.5. The molecule has 1 aromatic carbocycles. The van der Waals surface area contributed by atoms with Gasteiger partial charge in [0.05, 0.1) is 20.3 Å². The van der Waals surface area contributed by atoms with Crippen LogP contribution in [0.2, 0.25) is 0 Å². The summed E-state index contributed by atoms with van der Waals surface area (Å²) in [5.41, 5.74) is 2.29. The minimum atomic E-state index is -0.580. The molecule has 1 atom stereocenters. The Kier molecular flexibility index (Phi) is 4.20. The van der Waals surface area contributed by atoms with Crippen LogP contribution in [-0.2, 0) is 0 Å². The number of methoxy groups -OCH3 is 2. The summed E-state index contributed by atoms with van der Waals surface area (Å²) in [4.78, 5) is 8.73. The third-order valence-corrected chi connectivity index (χ3v) is 3.08. The van der Waals surface area contributed by atoms with Crippen LogP contribution in [0.1, 0.15) is 24.3 Å². The highest BCUT2D eigenvalue weighted by molar-refractivity contribution is 5.61. The molecule has 2 aromatic rings. The molecule has 0 bridgehead atoms. The standard InChI is InChI=1S/C15H18N2O3/c1-9-14(10(2)18)8-16-15(17-9)11-5-12(19-3)7-13(6-11)20-4/h5-8,10,18H,1-4H3/t10-/m1/s1. The number of nitrogens with zero attached hydrogens (tertiary/aromatic N) is 2. The fourth-order valence-corrected chi connectivity index (χ4v) is 1.96. The van der Waals surface area contributed by atoms with Crippen molar-refractivity contribution in [2.45, 2.75) is 20.0 Å². The Bertz CT molecular complexity index is 590. The molecule has 0 fully saturated rings. The normalized spacial score (nSPS) is 12.1. The lowest BCUT2D eigenvalue weighted by molar-refractivity contribution is 0.197. The van der Waals surface area contributed by atoms with Gasteiger partial charge in [0.15, 0.2) is 5.82 Å². The van der Waals surface area contributed by atoms with Crippen LogP contribution in [-0.4, -0.2) is 29.3 Å². The Labute approximate surface area is 118 Å². The number of benzene rings is 1. The summed E-state index contributed by atoms with van der Waals surface area (Å²) in [7, 11) is 3.20. The number of ether oxygens (including phenoxy) is 2. The highest BCUT2D eigenvalue weighted by atomic mass is 16.5. The van der Waals surface area contributed by atoms with E-state index in [1.807, 2.05) is 19.1 Å². The zero-order valence-electron chi connectivity index (χ0n) is 12.0. The Morgan fingerprint density at radius 1 is 1.10 bits per heavy atom. The summed E-state index contributed by atoms with van der Waals surface area (Å²) in [6, 6.07) is 5.49. The van der Waals surface area contributed by atoms with Crippen LogP contribution >= 0.6 is 0 Å². The number of aliphatic hydroxyl groups excluding tert-OH is 1. The van der Waals surface area contributed by atoms with Crippen LogP contribution in [0.25, 0.3) is 11.4 Å². The zero-order valence-corrected chi connectivity index (χ0v) is 12.0. The van der Waals surface area contributed by atoms with Gasteiger partial charge in [-0.15, -0.1) is 0 Å². The van der Waals surface area contributed by atoms with Gasteiger partial charge in [-0.2, -0.15) is 0 Å². The maximum absolute atomic E-state index is 9.61. The van der Waals surface area contributed by atoms with Crippen LogP contribution in [0, 0.1) is 6.92 Å². The number of hydrogen-bond acceptors (Lipinski definition) is 5. The lowest BCUT2D eigenvalue weighted by Gasteiger charge is -2.11. The number of hydrogen-bond donors (Lipinski definition) is 1. The molecule has 0 spiro atoms. The van der Waals surface area contributed by atoms with E-state index in [0.29, 0.717) is 17.3 Å². The average Bonchev–Trinajstić information content (AvgIpc) is 2.46. The van der Waals surface area contributed by atoms with Crippen LogP contribution in [0.15, 0.2) is 24.4 Å². The van der Waals surface area contributed by atoms with Gasteiger partial charge in [-0.25, -0.2) is 9.97 Å². The van der Waals surface area contributed by atoms with Crippen molar-refractivity contribution in [3.05, 3.63) is 35.7 Å². The topological polar surface area (TPSA) is 64.5 Å². The Balaban J connectivity index is 2.48. The van der Waals surface area contributed by atoms with Crippen LogP contribution in [0.3, 0.4) is 0 Å². The summed E-state index contributed by atoms with van der Waals surface area (Å²) in [5, 5.41) is 9.61. The lowest BCUT2D eigenvalue weighted by Crippen LogP contribution is -2.01. The quantitative estimate of drug-likeness (QED) is 0.928. The summed E-state index contributed by atoms with van der Waals surface area (Å²) >= 11 is 0. The Morgan fingerprint density at radius 3 is 2.15 bits per heavy atom. The number of aliphatic hydroxyl groups is 1. The molecule has 0 unspecified atom stereocenters. The van der Waals surface area contributed by atoms with E-state index in [4.69, 9.17) is 9.47 Å². The first-order chi connectivity index (χ1) is 9.55. The van der Waals surface area contributed by atoms with Gasteiger partial charge in [-0.3, -0.25) is 0 Å². The number of rotatable bonds is 4. The van der Waals surface area contributed by atoms with Gasteiger partial charge in [0.2, 0.25) is 0 Å². The van der Waals surface area contributed by atoms with Crippen molar-refractivity contribution in [1.29, 1.82) is 0 Å². The molecule has 106 valence electrons. The van der Waals surface area contributed by atoms with Crippen molar-refractivity contribution in [3.8, 4) is 22.9 Å². The van der Waals surface area contributed by atoms with E-state index < -0.39 is 6.10 Å². The van der Waals surface area contributed by atoms with Gasteiger partial charge in [0, 0.05) is 29.1 Å². The van der Waals surface area contributed by atoms with E-state index >= 15 is 0 Å². The molecule has 5 heteroatoms. The van der Waals surface area contributed by atoms with E-state index in [1.54, 1.807) is 33.4 Å². The van der Waals surface area contributed by atoms with Crippen molar-refractivity contribution in [1.82, 2.24) is 9.97 Å². The second kappa shape index (κ2) is 5.88. The van der Waals surface area contributed by atoms with E-state index in [2.05, 4.69) is 9.97 Å². The highest BCUT2D eigenvalue weighted by Gasteiger charge is 2.11. The fourth-order valence-electron chi connectivity index (χ4n) is 1.96. The van der Waals surface area contributed by atoms with Crippen LogP contribution in [0.5, 0.6) is 11.5 Å². The molecule has 0 aliphatic carbocycles.